The zero-order chi connectivity index (χ0) is 30.2. The van der Waals surface area contributed by atoms with E-state index in [4.69, 9.17) is 9.47 Å². The van der Waals surface area contributed by atoms with Crippen molar-refractivity contribution in [1.82, 2.24) is 15.0 Å². The van der Waals surface area contributed by atoms with Crippen molar-refractivity contribution in [3.05, 3.63) is 59.9 Å². The molecule has 0 aliphatic carbocycles. The van der Waals surface area contributed by atoms with Gasteiger partial charge in [0.05, 0.1) is 27.0 Å². The predicted octanol–water partition coefficient (Wildman–Crippen LogP) is 2.40. The van der Waals surface area contributed by atoms with E-state index < -0.39 is 25.7 Å². The number of fused-ring (bicyclic) bond motifs is 2. The maximum Gasteiger partial charge on any atom is 0.261 e. The van der Waals surface area contributed by atoms with Crippen molar-refractivity contribution in [1.29, 1.82) is 0 Å². The van der Waals surface area contributed by atoms with Gasteiger partial charge in [-0.25, -0.2) is 0 Å². The van der Waals surface area contributed by atoms with Gasteiger partial charge in [0.25, 0.3) is 11.8 Å². The zero-order valence-corrected chi connectivity index (χ0v) is 25.6. The molecule has 0 radical (unpaired) electrons. The lowest BCUT2D eigenvalue weighted by atomic mass is 9.82. The molecule has 1 saturated heterocycles. The van der Waals surface area contributed by atoms with Gasteiger partial charge in [-0.2, -0.15) is 0 Å². The Morgan fingerprint density at radius 3 is 2.67 bits per heavy atom. The van der Waals surface area contributed by atoms with Crippen molar-refractivity contribution < 1.29 is 29.3 Å². The Hall–Kier alpha value is -3.58. The molecule has 2 aliphatic rings. The van der Waals surface area contributed by atoms with Crippen molar-refractivity contribution in [2.75, 3.05) is 24.4 Å². The lowest BCUT2D eigenvalue weighted by Gasteiger charge is -2.37. The summed E-state index contributed by atoms with van der Waals surface area (Å²) in [7, 11) is -0.647. The molecule has 1 aromatic heterocycles. The van der Waals surface area contributed by atoms with Crippen LogP contribution >= 0.6 is 0 Å². The Kier molecular flexibility index (Phi) is 8.25. The Bertz CT molecular complexity index is 1460. The second-order valence-electron chi connectivity index (χ2n) is 11.8. The highest BCUT2D eigenvalue weighted by Gasteiger charge is 2.64. The summed E-state index contributed by atoms with van der Waals surface area (Å²) in [6.07, 6.45) is 1.42. The second kappa shape index (κ2) is 11.6. The van der Waals surface area contributed by atoms with Gasteiger partial charge in [0.15, 0.2) is 5.60 Å². The SMILES string of the molecule is COc1ccc([Si](C)(C)[C@H]2[C@H](CCn3cc(CCO)nn3)O[C@@]3(C(=O)Nc4ccc(NC(=O)[C@H](C)O)cc43)[C@@H]2C)cc1. The summed E-state index contributed by atoms with van der Waals surface area (Å²) in [4.78, 5) is 26.1. The molecule has 2 aliphatic heterocycles. The van der Waals surface area contributed by atoms with Crippen LogP contribution in [0.2, 0.25) is 18.6 Å². The minimum atomic E-state index is -2.29. The van der Waals surface area contributed by atoms with Gasteiger partial charge in [-0.15, -0.1) is 5.10 Å². The molecule has 3 aromatic rings. The summed E-state index contributed by atoms with van der Waals surface area (Å²) in [5, 5.41) is 34.4. The van der Waals surface area contributed by atoms with Crippen LogP contribution in [0.25, 0.3) is 0 Å². The number of anilines is 2. The van der Waals surface area contributed by atoms with Gasteiger partial charge in [-0.3, -0.25) is 14.3 Å². The molecule has 0 unspecified atom stereocenters. The third-order valence-corrected chi connectivity index (χ3v) is 13.2. The average Bonchev–Trinajstić information content (AvgIpc) is 3.62. The molecule has 224 valence electrons. The van der Waals surface area contributed by atoms with Gasteiger partial charge in [0.2, 0.25) is 0 Å². The highest BCUT2D eigenvalue weighted by atomic mass is 28.3. The van der Waals surface area contributed by atoms with Crippen LogP contribution in [0, 0.1) is 5.92 Å². The molecule has 12 heteroatoms. The van der Waals surface area contributed by atoms with E-state index >= 15 is 0 Å². The normalized spacial score (nSPS) is 24.0. The van der Waals surface area contributed by atoms with E-state index in [1.54, 1.807) is 30.0 Å². The van der Waals surface area contributed by atoms with Crippen LogP contribution in [0.1, 0.15) is 31.5 Å². The minimum Gasteiger partial charge on any atom is -0.497 e. The Morgan fingerprint density at radius 1 is 1.26 bits per heavy atom. The molecule has 2 aromatic carbocycles. The Balaban J connectivity index is 1.54. The zero-order valence-electron chi connectivity index (χ0n) is 24.6. The number of aromatic nitrogens is 3. The number of methoxy groups -OCH3 is 1. The van der Waals surface area contributed by atoms with E-state index in [9.17, 15) is 19.8 Å². The molecular formula is C30H39N5O6Si. The molecule has 3 heterocycles. The van der Waals surface area contributed by atoms with Gasteiger partial charge >= 0.3 is 0 Å². The van der Waals surface area contributed by atoms with E-state index in [2.05, 4.69) is 53.1 Å². The fourth-order valence-corrected chi connectivity index (χ4v) is 10.7. The summed E-state index contributed by atoms with van der Waals surface area (Å²) in [5.41, 5.74) is 1.32. The van der Waals surface area contributed by atoms with E-state index in [1.807, 2.05) is 18.3 Å². The van der Waals surface area contributed by atoms with Crippen molar-refractivity contribution in [2.24, 2.45) is 5.92 Å². The smallest absolute Gasteiger partial charge is 0.261 e. The maximum atomic E-state index is 13.9. The standard InChI is InChI=1S/C30H39N5O6Si/c1-18-27(42(4,5)23-9-7-22(40-3)8-10-23)26(12-14-35-17-21(13-15-36)33-34-35)41-30(18)24-16-20(31-28(38)19(2)37)6-11-25(24)32-29(30)39/h6-11,16-19,26-27,36-37H,12-15H2,1-5H3,(H,31,38)(H,32,39)/t18-,19+,26+,27-,30+/m1/s1. The van der Waals surface area contributed by atoms with Gasteiger partial charge in [-0.05, 0) is 49.2 Å². The molecule has 5 rings (SSSR count). The minimum absolute atomic E-state index is 0.00235. The van der Waals surface area contributed by atoms with Crippen molar-refractivity contribution in [2.45, 2.75) is 69.7 Å². The monoisotopic (exact) mass is 593 g/mol. The number of nitrogens with one attached hydrogen (secondary N) is 2. The number of amides is 2. The van der Waals surface area contributed by atoms with Crippen LogP contribution in [0.15, 0.2) is 48.7 Å². The fourth-order valence-electron chi connectivity index (χ4n) is 6.66. The van der Waals surface area contributed by atoms with Gasteiger partial charge < -0.3 is 30.3 Å². The van der Waals surface area contributed by atoms with Crippen molar-refractivity contribution in [3.63, 3.8) is 0 Å². The molecule has 2 amide bonds. The lowest BCUT2D eigenvalue weighted by Crippen LogP contribution is -2.51. The number of aliphatic hydroxyl groups excluding tert-OH is 2. The van der Waals surface area contributed by atoms with E-state index in [0.29, 0.717) is 36.3 Å². The van der Waals surface area contributed by atoms with E-state index in [0.717, 1.165) is 11.4 Å². The molecule has 1 spiro atoms. The number of aryl methyl sites for hydroxylation is 1. The van der Waals surface area contributed by atoms with Gasteiger partial charge in [-0.1, -0.05) is 42.6 Å². The summed E-state index contributed by atoms with van der Waals surface area (Å²) < 4.78 is 14.1. The second-order valence-corrected chi connectivity index (χ2v) is 16.5. The molecule has 4 N–H and O–H groups in total. The van der Waals surface area contributed by atoms with Crippen LogP contribution in [-0.4, -0.2) is 71.0 Å². The third kappa shape index (κ3) is 5.23. The highest BCUT2D eigenvalue weighted by molar-refractivity contribution is 6.91. The summed E-state index contributed by atoms with van der Waals surface area (Å²) in [6.45, 7) is 8.66. The molecule has 11 nitrogen and oxygen atoms in total. The number of carbonyl (C=O) groups excluding carboxylic acids is 2. The van der Waals surface area contributed by atoms with Crippen molar-refractivity contribution >= 4 is 36.4 Å². The number of rotatable bonds is 10. The first-order valence-electron chi connectivity index (χ1n) is 14.3. The molecule has 0 saturated carbocycles. The Labute approximate surface area is 246 Å². The molecule has 42 heavy (non-hydrogen) atoms. The summed E-state index contributed by atoms with van der Waals surface area (Å²) in [6, 6.07) is 13.4. The largest absolute Gasteiger partial charge is 0.497 e. The number of hydrogen-bond donors (Lipinski definition) is 4. The van der Waals surface area contributed by atoms with Gasteiger partial charge in [0.1, 0.15) is 11.9 Å². The molecule has 1 fully saturated rings. The number of benzene rings is 2. The van der Waals surface area contributed by atoms with Crippen LogP contribution in [0.3, 0.4) is 0 Å². The number of nitrogens with zero attached hydrogens (tertiary/aromatic N) is 3. The number of carbonyl (C=O) groups is 2. The summed E-state index contributed by atoms with van der Waals surface area (Å²) in [5.74, 6) is -0.162. The van der Waals surface area contributed by atoms with Crippen LogP contribution in [0.5, 0.6) is 5.75 Å². The van der Waals surface area contributed by atoms with Gasteiger partial charge in [0, 0.05) is 48.6 Å². The fraction of sp³-hybridized carbons (Fsp3) is 0.467. The number of aliphatic hydroxyl groups is 2. The molecule has 5 atom stereocenters. The highest BCUT2D eigenvalue weighted by Crippen LogP contribution is 2.58. The molecule has 0 bridgehead atoms. The van der Waals surface area contributed by atoms with Crippen LogP contribution in [0.4, 0.5) is 11.4 Å². The quantitative estimate of drug-likeness (QED) is 0.262. The summed E-state index contributed by atoms with van der Waals surface area (Å²) >= 11 is 0. The lowest BCUT2D eigenvalue weighted by molar-refractivity contribution is -0.143. The topological polar surface area (TPSA) is 148 Å². The van der Waals surface area contributed by atoms with Crippen LogP contribution < -0.4 is 20.6 Å². The first kappa shape index (κ1) is 29.9. The predicted molar refractivity (Wildman–Crippen MR) is 160 cm³/mol. The van der Waals surface area contributed by atoms with E-state index in [-0.39, 0.29) is 30.1 Å². The number of hydrogen-bond acceptors (Lipinski definition) is 8. The first-order valence-corrected chi connectivity index (χ1v) is 17.4. The Morgan fingerprint density at radius 2 is 2.00 bits per heavy atom. The van der Waals surface area contributed by atoms with Crippen molar-refractivity contribution in [3.8, 4) is 5.75 Å². The maximum absolute atomic E-state index is 13.9. The molecular weight excluding hydrogens is 554 g/mol. The van der Waals surface area contributed by atoms with Crippen LogP contribution in [-0.2, 0) is 32.9 Å². The third-order valence-electron chi connectivity index (χ3n) is 8.83. The first-order chi connectivity index (χ1) is 20.0. The number of ether oxygens (including phenoxy) is 2. The van der Waals surface area contributed by atoms with E-state index in [1.165, 1.54) is 12.1 Å². The average molecular weight is 594 g/mol.